The molecule has 2 aromatic heterocycles. The summed E-state index contributed by atoms with van der Waals surface area (Å²) >= 11 is 0. The van der Waals surface area contributed by atoms with Gasteiger partial charge in [-0.15, -0.1) is 0 Å². The maximum absolute atomic E-state index is 12.7. The van der Waals surface area contributed by atoms with Crippen LogP contribution in [-0.4, -0.2) is 70.6 Å². The summed E-state index contributed by atoms with van der Waals surface area (Å²) in [5.74, 6) is 2.44. The number of ether oxygens (including phenoxy) is 2. The molecular formula is C24H24N6O3. The molecule has 0 aliphatic carbocycles. The molecular weight excluding hydrogens is 420 g/mol. The third-order valence-corrected chi connectivity index (χ3v) is 5.64. The van der Waals surface area contributed by atoms with Crippen LogP contribution in [0.5, 0.6) is 11.5 Å². The maximum Gasteiger partial charge on any atom is 0.260 e. The highest BCUT2D eigenvalue weighted by Gasteiger charge is 2.23. The molecule has 4 aromatic rings. The zero-order valence-corrected chi connectivity index (χ0v) is 18.3. The van der Waals surface area contributed by atoms with Crippen LogP contribution in [0.3, 0.4) is 0 Å². The van der Waals surface area contributed by atoms with Crippen molar-refractivity contribution in [1.82, 2.24) is 24.8 Å². The first-order valence-electron chi connectivity index (χ1n) is 10.8. The summed E-state index contributed by atoms with van der Waals surface area (Å²) in [6.45, 7) is 2.52. The first-order valence-corrected chi connectivity index (χ1v) is 10.8. The van der Waals surface area contributed by atoms with Gasteiger partial charge in [0.2, 0.25) is 5.95 Å². The highest BCUT2D eigenvalue weighted by Crippen LogP contribution is 2.32. The molecule has 2 aromatic carbocycles. The molecule has 3 heterocycles. The quantitative estimate of drug-likeness (QED) is 0.488. The van der Waals surface area contributed by atoms with E-state index in [1.165, 1.54) is 0 Å². The van der Waals surface area contributed by atoms with Gasteiger partial charge in [-0.05, 0) is 36.4 Å². The molecule has 1 amide bonds. The number of carbonyl (C=O) groups is 1. The normalized spacial score (nSPS) is 13.8. The molecule has 0 bridgehead atoms. The number of benzene rings is 2. The van der Waals surface area contributed by atoms with Crippen LogP contribution in [0.4, 0.5) is 5.95 Å². The van der Waals surface area contributed by atoms with Crippen molar-refractivity contribution in [2.75, 3.05) is 44.8 Å². The molecule has 0 atom stereocenters. The number of aromatic nitrogens is 4. The summed E-state index contributed by atoms with van der Waals surface area (Å²) in [6, 6.07) is 15.2. The molecule has 168 valence electrons. The third kappa shape index (κ3) is 4.43. The second-order valence-electron chi connectivity index (χ2n) is 7.67. The van der Waals surface area contributed by atoms with Gasteiger partial charge >= 0.3 is 0 Å². The van der Waals surface area contributed by atoms with E-state index < -0.39 is 0 Å². The summed E-state index contributed by atoms with van der Waals surface area (Å²) in [5, 5.41) is 0. The van der Waals surface area contributed by atoms with Gasteiger partial charge in [-0.2, -0.15) is 0 Å². The molecule has 1 aliphatic rings. The number of aromatic amines is 1. The lowest BCUT2D eigenvalue weighted by Crippen LogP contribution is -2.50. The van der Waals surface area contributed by atoms with Gasteiger partial charge in [0, 0.05) is 44.1 Å². The number of H-pyrrole nitrogens is 1. The number of carbonyl (C=O) groups excluding carboxylic acids is 1. The Hall–Kier alpha value is -4.14. The summed E-state index contributed by atoms with van der Waals surface area (Å²) in [6.07, 6.45) is 3.45. The second-order valence-corrected chi connectivity index (χ2v) is 7.67. The lowest BCUT2D eigenvalue weighted by atomic mass is 10.2. The molecule has 9 heteroatoms. The predicted octanol–water partition coefficient (Wildman–Crippen LogP) is 2.76. The Bertz CT molecular complexity index is 1220. The van der Waals surface area contributed by atoms with E-state index in [0.717, 1.165) is 22.4 Å². The molecule has 0 radical (unpaired) electrons. The SMILES string of the molecule is COc1cc(-c2nc3ccccc3[nH]2)ccc1OCC(=O)N1CCN(c2ncccn2)CC1. The number of amides is 1. The van der Waals surface area contributed by atoms with Gasteiger partial charge in [0.05, 0.1) is 18.1 Å². The van der Waals surface area contributed by atoms with Crippen molar-refractivity contribution in [2.24, 2.45) is 0 Å². The minimum Gasteiger partial charge on any atom is -0.493 e. The predicted molar refractivity (Wildman–Crippen MR) is 124 cm³/mol. The Labute approximate surface area is 191 Å². The van der Waals surface area contributed by atoms with Crippen LogP contribution >= 0.6 is 0 Å². The van der Waals surface area contributed by atoms with E-state index in [1.807, 2.05) is 36.4 Å². The van der Waals surface area contributed by atoms with E-state index in [2.05, 4.69) is 24.8 Å². The Balaban J connectivity index is 1.21. The van der Waals surface area contributed by atoms with Crippen LogP contribution in [0.2, 0.25) is 0 Å². The van der Waals surface area contributed by atoms with Crippen LogP contribution in [0.25, 0.3) is 22.4 Å². The minimum atomic E-state index is -0.0629. The Morgan fingerprint density at radius 1 is 1.00 bits per heavy atom. The molecule has 5 rings (SSSR count). The minimum absolute atomic E-state index is 0.0534. The Kier molecular flexibility index (Phi) is 5.75. The highest BCUT2D eigenvalue weighted by molar-refractivity contribution is 5.80. The van der Waals surface area contributed by atoms with Crippen molar-refractivity contribution in [3.8, 4) is 22.9 Å². The largest absolute Gasteiger partial charge is 0.493 e. The lowest BCUT2D eigenvalue weighted by Gasteiger charge is -2.34. The number of imidazole rings is 1. The molecule has 0 saturated carbocycles. The van der Waals surface area contributed by atoms with Gasteiger partial charge in [0.1, 0.15) is 5.82 Å². The van der Waals surface area contributed by atoms with Crippen molar-refractivity contribution in [2.45, 2.75) is 0 Å². The number of rotatable bonds is 6. The fourth-order valence-electron chi connectivity index (χ4n) is 3.86. The number of hydrogen-bond donors (Lipinski definition) is 1. The van der Waals surface area contributed by atoms with E-state index in [0.29, 0.717) is 43.6 Å². The summed E-state index contributed by atoms with van der Waals surface area (Å²) in [4.78, 5) is 33.1. The van der Waals surface area contributed by atoms with E-state index in [9.17, 15) is 4.79 Å². The van der Waals surface area contributed by atoms with Crippen molar-refractivity contribution < 1.29 is 14.3 Å². The molecule has 9 nitrogen and oxygen atoms in total. The molecule has 1 aliphatic heterocycles. The summed E-state index contributed by atoms with van der Waals surface area (Å²) in [5.41, 5.74) is 2.74. The topological polar surface area (TPSA) is 96.5 Å². The zero-order chi connectivity index (χ0) is 22.6. The zero-order valence-electron chi connectivity index (χ0n) is 18.3. The molecule has 1 fully saturated rings. The fraction of sp³-hybridized carbons (Fsp3) is 0.250. The first kappa shape index (κ1) is 20.7. The fourth-order valence-corrected chi connectivity index (χ4v) is 3.86. The van der Waals surface area contributed by atoms with Crippen molar-refractivity contribution in [3.63, 3.8) is 0 Å². The highest BCUT2D eigenvalue weighted by atomic mass is 16.5. The van der Waals surface area contributed by atoms with Gasteiger partial charge in [-0.3, -0.25) is 4.79 Å². The van der Waals surface area contributed by atoms with E-state index in [1.54, 1.807) is 36.5 Å². The molecule has 0 unspecified atom stereocenters. The number of hydrogen-bond acceptors (Lipinski definition) is 7. The number of para-hydroxylation sites is 2. The molecule has 1 N–H and O–H groups in total. The number of methoxy groups -OCH3 is 1. The van der Waals surface area contributed by atoms with Crippen LogP contribution < -0.4 is 14.4 Å². The number of piperazine rings is 1. The van der Waals surface area contributed by atoms with Crippen LogP contribution in [0.1, 0.15) is 0 Å². The third-order valence-electron chi connectivity index (χ3n) is 5.64. The Morgan fingerprint density at radius 2 is 1.79 bits per heavy atom. The number of anilines is 1. The maximum atomic E-state index is 12.7. The van der Waals surface area contributed by atoms with Gasteiger partial charge < -0.3 is 24.3 Å². The monoisotopic (exact) mass is 444 g/mol. The van der Waals surface area contributed by atoms with E-state index >= 15 is 0 Å². The molecule has 0 spiro atoms. The average Bonchev–Trinajstić information content (AvgIpc) is 3.32. The van der Waals surface area contributed by atoms with E-state index in [4.69, 9.17) is 9.47 Å². The smallest absolute Gasteiger partial charge is 0.260 e. The summed E-state index contributed by atoms with van der Waals surface area (Å²) in [7, 11) is 1.58. The van der Waals surface area contributed by atoms with Gasteiger partial charge in [-0.25, -0.2) is 15.0 Å². The van der Waals surface area contributed by atoms with Crippen LogP contribution in [0, 0.1) is 0 Å². The standard InChI is InChI=1S/C24H24N6O3/c1-32-21-15-17(23-27-18-5-2-3-6-19(18)28-23)7-8-20(21)33-16-22(31)29-11-13-30(14-12-29)24-25-9-4-10-26-24/h2-10,15H,11-14,16H2,1H3,(H,27,28). The van der Waals surface area contributed by atoms with Gasteiger partial charge in [-0.1, -0.05) is 12.1 Å². The van der Waals surface area contributed by atoms with Crippen LogP contribution in [-0.2, 0) is 4.79 Å². The second kappa shape index (κ2) is 9.15. The number of nitrogens with one attached hydrogen (secondary N) is 1. The van der Waals surface area contributed by atoms with Crippen molar-refractivity contribution in [1.29, 1.82) is 0 Å². The average molecular weight is 444 g/mol. The van der Waals surface area contributed by atoms with E-state index in [-0.39, 0.29) is 12.5 Å². The lowest BCUT2D eigenvalue weighted by molar-refractivity contribution is -0.133. The number of nitrogens with zero attached hydrogens (tertiary/aromatic N) is 5. The number of fused-ring (bicyclic) bond motifs is 1. The van der Waals surface area contributed by atoms with Gasteiger partial charge in [0.15, 0.2) is 18.1 Å². The first-order chi connectivity index (χ1) is 16.2. The van der Waals surface area contributed by atoms with Crippen molar-refractivity contribution in [3.05, 3.63) is 60.9 Å². The molecule has 33 heavy (non-hydrogen) atoms. The summed E-state index contributed by atoms with van der Waals surface area (Å²) < 4.78 is 11.3. The molecule has 1 saturated heterocycles. The van der Waals surface area contributed by atoms with Crippen LogP contribution in [0.15, 0.2) is 60.9 Å². The Morgan fingerprint density at radius 3 is 2.55 bits per heavy atom. The van der Waals surface area contributed by atoms with Gasteiger partial charge in [0.25, 0.3) is 5.91 Å². The van der Waals surface area contributed by atoms with Crippen molar-refractivity contribution >= 4 is 22.9 Å².